The van der Waals surface area contributed by atoms with Crippen molar-refractivity contribution in [1.82, 2.24) is 4.72 Å². The fourth-order valence-electron chi connectivity index (χ4n) is 2.37. The second-order valence-electron chi connectivity index (χ2n) is 5.37. The first-order chi connectivity index (χ1) is 12.4. The Hall–Kier alpha value is -2.62. The van der Waals surface area contributed by atoms with Crippen molar-refractivity contribution in [3.8, 4) is 0 Å². The van der Waals surface area contributed by atoms with Crippen molar-refractivity contribution in [2.45, 2.75) is 10.9 Å². The fourth-order valence-corrected chi connectivity index (χ4v) is 4.45. The molecule has 0 radical (unpaired) electrons. The van der Waals surface area contributed by atoms with E-state index in [4.69, 9.17) is 0 Å². The number of halogens is 1. The van der Waals surface area contributed by atoms with Gasteiger partial charge < -0.3 is 0 Å². The quantitative estimate of drug-likeness (QED) is 0.509. The summed E-state index contributed by atoms with van der Waals surface area (Å²) in [6.07, 6.45) is 0. The summed E-state index contributed by atoms with van der Waals surface area (Å²) in [5.74, 6) is -0.420. The molecule has 0 amide bonds. The molecule has 9 heteroatoms. The Balaban J connectivity index is 1.95. The van der Waals surface area contributed by atoms with Crippen molar-refractivity contribution in [1.29, 1.82) is 0 Å². The first kappa shape index (κ1) is 18.2. The number of rotatable bonds is 6. The molecule has 0 bridgehead atoms. The number of nitrogens with one attached hydrogen (secondary N) is 1. The Labute approximate surface area is 153 Å². The summed E-state index contributed by atoms with van der Waals surface area (Å²) in [4.78, 5) is 10.8. The molecule has 1 heterocycles. The van der Waals surface area contributed by atoms with Gasteiger partial charge in [-0.15, -0.1) is 11.3 Å². The molecule has 0 spiro atoms. The van der Waals surface area contributed by atoms with Gasteiger partial charge in [0.1, 0.15) is 5.82 Å². The Morgan fingerprint density at radius 3 is 2.23 bits per heavy atom. The molecule has 1 aromatic heterocycles. The number of hydrogen-bond acceptors (Lipinski definition) is 5. The molecule has 2 aromatic carbocycles. The van der Waals surface area contributed by atoms with Gasteiger partial charge in [0.15, 0.2) is 0 Å². The Morgan fingerprint density at radius 1 is 1.04 bits per heavy atom. The zero-order valence-corrected chi connectivity index (χ0v) is 14.8. The van der Waals surface area contributed by atoms with Crippen LogP contribution in [0.25, 0.3) is 0 Å². The molecule has 0 aliphatic heterocycles. The van der Waals surface area contributed by atoms with E-state index in [1.54, 1.807) is 12.1 Å². The van der Waals surface area contributed by atoms with Crippen molar-refractivity contribution in [3.05, 3.63) is 92.4 Å². The standard InChI is InChI=1S/C17H13FN2O4S2/c18-13-5-3-12(4-6-13)17(16-2-1-11-25-16)19-26(23,24)15-9-7-14(8-10-15)20(21)22/h1-11,17,19H/t17-/m1/s1. The van der Waals surface area contributed by atoms with E-state index >= 15 is 0 Å². The lowest BCUT2D eigenvalue weighted by Gasteiger charge is -2.18. The molecule has 1 atom stereocenters. The van der Waals surface area contributed by atoms with Crippen LogP contribution in [0.2, 0.25) is 0 Å². The summed E-state index contributed by atoms with van der Waals surface area (Å²) in [5.41, 5.74) is 0.386. The van der Waals surface area contributed by atoms with Crippen LogP contribution < -0.4 is 4.72 Å². The molecule has 0 saturated heterocycles. The van der Waals surface area contributed by atoms with Crippen LogP contribution in [-0.2, 0) is 10.0 Å². The lowest BCUT2D eigenvalue weighted by Crippen LogP contribution is -2.29. The van der Waals surface area contributed by atoms with E-state index in [9.17, 15) is 22.9 Å². The van der Waals surface area contributed by atoms with E-state index in [2.05, 4.69) is 4.72 Å². The summed E-state index contributed by atoms with van der Waals surface area (Å²) in [6, 6.07) is 13.0. The first-order valence-electron chi connectivity index (χ1n) is 7.42. The smallest absolute Gasteiger partial charge is 0.258 e. The van der Waals surface area contributed by atoms with Crippen LogP contribution in [0.5, 0.6) is 0 Å². The molecule has 0 aliphatic rings. The van der Waals surface area contributed by atoms with Gasteiger partial charge in [0.2, 0.25) is 10.0 Å². The van der Waals surface area contributed by atoms with Gasteiger partial charge in [-0.1, -0.05) is 18.2 Å². The lowest BCUT2D eigenvalue weighted by molar-refractivity contribution is -0.384. The van der Waals surface area contributed by atoms with E-state index in [1.807, 2.05) is 5.38 Å². The Bertz CT molecular complexity index is 1000. The second-order valence-corrected chi connectivity index (χ2v) is 8.07. The predicted octanol–water partition coefficient (Wildman–Crippen LogP) is 3.86. The Kier molecular flexibility index (Phi) is 5.12. The van der Waals surface area contributed by atoms with E-state index in [0.717, 1.165) is 17.0 Å². The topological polar surface area (TPSA) is 89.3 Å². The second kappa shape index (κ2) is 7.32. The molecule has 3 rings (SSSR count). The van der Waals surface area contributed by atoms with Crippen molar-refractivity contribution in [2.75, 3.05) is 0 Å². The molecule has 0 aliphatic carbocycles. The van der Waals surface area contributed by atoms with E-state index in [-0.39, 0.29) is 10.6 Å². The van der Waals surface area contributed by atoms with Gasteiger partial charge >= 0.3 is 0 Å². The third-order valence-corrected chi connectivity index (χ3v) is 6.04. The molecule has 0 saturated carbocycles. The zero-order valence-electron chi connectivity index (χ0n) is 13.2. The van der Waals surface area contributed by atoms with Gasteiger partial charge in [-0.25, -0.2) is 12.8 Å². The van der Waals surface area contributed by atoms with Gasteiger partial charge in [0.05, 0.1) is 15.9 Å². The van der Waals surface area contributed by atoms with Gasteiger partial charge in [-0.05, 0) is 41.3 Å². The van der Waals surface area contributed by atoms with Crippen LogP contribution >= 0.6 is 11.3 Å². The maximum absolute atomic E-state index is 13.2. The van der Waals surface area contributed by atoms with E-state index in [1.165, 1.54) is 47.7 Å². The lowest BCUT2D eigenvalue weighted by atomic mass is 10.1. The molecule has 3 aromatic rings. The molecular formula is C17H13FN2O4S2. The number of nitro groups is 1. The number of non-ortho nitro benzene ring substituents is 1. The van der Waals surface area contributed by atoms with Gasteiger partial charge in [-0.2, -0.15) is 4.72 Å². The molecular weight excluding hydrogens is 379 g/mol. The predicted molar refractivity (Wildman–Crippen MR) is 96.0 cm³/mol. The third kappa shape index (κ3) is 3.96. The maximum atomic E-state index is 13.2. The zero-order chi connectivity index (χ0) is 18.7. The van der Waals surface area contributed by atoms with Crippen molar-refractivity contribution in [2.24, 2.45) is 0 Å². The summed E-state index contributed by atoms with van der Waals surface area (Å²) < 4.78 is 41.2. The van der Waals surface area contributed by atoms with Crippen LogP contribution in [0.4, 0.5) is 10.1 Å². The SMILES string of the molecule is O=[N+]([O-])c1ccc(S(=O)(=O)N[C@H](c2ccc(F)cc2)c2cccs2)cc1. The number of nitrogens with zero attached hydrogens (tertiary/aromatic N) is 1. The fraction of sp³-hybridized carbons (Fsp3) is 0.0588. The number of benzene rings is 2. The molecule has 0 fully saturated rings. The number of thiophene rings is 1. The molecule has 6 nitrogen and oxygen atoms in total. The largest absolute Gasteiger partial charge is 0.269 e. The van der Waals surface area contributed by atoms with Gasteiger partial charge in [-0.3, -0.25) is 10.1 Å². The average molecular weight is 392 g/mol. The number of hydrogen-bond donors (Lipinski definition) is 1. The van der Waals surface area contributed by atoms with E-state index < -0.39 is 26.8 Å². The van der Waals surface area contributed by atoms with E-state index in [0.29, 0.717) is 5.56 Å². The van der Waals surface area contributed by atoms with Crippen molar-refractivity contribution in [3.63, 3.8) is 0 Å². The minimum absolute atomic E-state index is 0.0910. The van der Waals surface area contributed by atoms with Crippen LogP contribution in [0.1, 0.15) is 16.5 Å². The summed E-state index contributed by atoms with van der Waals surface area (Å²) >= 11 is 1.36. The minimum Gasteiger partial charge on any atom is -0.258 e. The maximum Gasteiger partial charge on any atom is 0.269 e. The van der Waals surface area contributed by atoms with Crippen LogP contribution in [0, 0.1) is 15.9 Å². The van der Waals surface area contributed by atoms with Crippen molar-refractivity contribution >= 4 is 27.0 Å². The van der Waals surface area contributed by atoms with Gasteiger partial charge in [0, 0.05) is 17.0 Å². The highest BCUT2D eigenvalue weighted by atomic mass is 32.2. The van der Waals surface area contributed by atoms with Gasteiger partial charge in [0.25, 0.3) is 5.69 Å². The monoisotopic (exact) mass is 392 g/mol. The first-order valence-corrected chi connectivity index (χ1v) is 9.79. The van der Waals surface area contributed by atoms with Crippen LogP contribution in [0.15, 0.2) is 70.9 Å². The third-order valence-electron chi connectivity index (χ3n) is 3.66. The molecule has 0 unspecified atom stereocenters. The molecule has 134 valence electrons. The van der Waals surface area contributed by atoms with Crippen LogP contribution in [-0.4, -0.2) is 13.3 Å². The molecule has 26 heavy (non-hydrogen) atoms. The number of nitro benzene ring substituents is 1. The highest BCUT2D eigenvalue weighted by molar-refractivity contribution is 7.89. The summed E-state index contributed by atoms with van der Waals surface area (Å²) in [6.45, 7) is 0. The minimum atomic E-state index is -3.95. The normalized spacial score (nSPS) is 12.7. The number of sulfonamides is 1. The Morgan fingerprint density at radius 2 is 1.69 bits per heavy atom. The highest BCUT2D eigenvalue weighted by Gasteiger charge is 2.24. The molecule has 1 N–H and O–H groups in total. The van der Waals surface area contributed by atoms with Crippen molar-refractivity contribution < 1.29 is 17.7 Å². The van der Waals surface area contributed by atoms with Crippen LogP contribution in [0.3, 0.4) is 0 Å². The average Bonchev–Trinajstić information content (AvgIpc) is 3.15. The summed E-state index contributed by atoms with van der Waals surface area (Å²) in [7, 11) is -3.95. The highest BCUT2D eigenvalue weighted by Crippen LogP contribution is 2.28. The summed E-state index contributed by atoms with van der Waals surface area (Å²) in [5, 5.41) is 12.5.